The fourth-order valence-corrected chi connectivity index (χ4v) is 3.48. The first kappa shape index (κ1) is 21.5. The number of carbonyl (C=O) groups is 3. The summed E-state index contributed by atoms with van der Waals surface area (Å²) in [7, 11) is 0. The third-order valence-electron chi connectivity index (χ3n) is 4.31. The lowest BCUT2D eigenvalue weighted by Crippen LogP contribution is -2.54. The van der Waals surface area contributed by atoms with Crippen LogP contribution in [0.4, 0.5) is 5.69 Å². The molecule has 154 valence electrons. The van der Waals surface area contributed by atoms with E-state index < -0.39 is 24.4 Å². The third kappa shape index (κ3) is 4.50. The van der Waals surface area contributed by atoms with Gasteiger partial charge in [-0.3, -0.25) is 19.8 Å². The number of hydrogen-bond donors (Lipinski definition) is 2. The van der Waals surface area contributed by atoms with Crippen molar-refractivity contribution in [2.24, 2.45) is 0 Å². The molecule has 0 radical (unpaired) electrons. The lowest BCUT2D eigenvalue weighted by atomic mass is 10.0. The van der Waals surface area contributed by atoms with Crippen LogP contribution in [0.2, 0.25) is 5.02 Å². The highest BCUT2D eigenvalue weighted by atomic mass is 35.5. The summed E-state index contributed by atoms with van der Waals surface area (Å²) in [6.07, 6.45) is 1.39. The van der Waals surface area contributed by atoms with Crippen LogP contribution in [-0.2, 0) is 14.4 Å². The number of aryl methyl sites for hydroxylation is 2. The Kier molecular flexibility index (Phi) is 6.19. The molecule has 0 saturated carbocycles. The summed E-state index contributed by atoms with van der Waals surface area (Å²) in [5.41, 5.74) is 2.81. The van der Waals surface area contributed by atoms with Crippen molar-refractivity contribution >= 4 is 58.5 Å². The predicted molar refractivity (Wildman–Crippen MR) is 117 cm³/mol. The molecule has 0 spiro atoms. The van der Waals surface area contributed by atoms with Gasteiger partial charge in [0.2, 0.25) is 0 Å². The van der Waals surface area contributed by atoms with Crippen molar-refractivity contribution < 1.29 is 24.2 Å². The molecule has 2 aromatic carbocycles. The number of halogens is 1. The molecule has 0 aromatic heterocycles. The van der Waals surface area contributed by atoms with Crippen LogP contribution in [-0.4, -0.2) is 34.6 Å². The smallest absolute Gasteiger partial charge is 0.341 e. The Morgan fingerprint density at radius 3 is 2.60 bits per heavy atom. The summed E-state index contributed by atoms with van der Waals surface area (Å²) in [6.45, 7) is 3.25. The lowest BCUT2D eigenvalue weighted by Gasteiger charge is -2.30. The topological polar surface area (TPSA) is 95.9 Å². The molecule has 0 aliphatic carbocycles. The van der Waals surface area contributed by atoms with Gasteiger partial charge in [0.15, 0.2) is 11.7 Å². The zero-order valence-electron chi connectivity index (χ0n) is 16.1. The Bertz CT molecular complexity index is 1110. The SMILES string of the molecule is Cc1ccc(N2C(=O)/C(=C/c3ccc(OCC(=O)O)c(Cl)c3)C(=O)NC2=S)c(C)c1. The van der Waals surface area contributed by atoms with Crippen LogP contribution < -0.4 is 15.0 Å². The van der Waals surface area contributed by atoms with Gasteiger partial charge < -0.3 is 9.84 Å². The van der Waals surface area contributed by atoms with E-state index in [2.05, 4.69) is 5.32 Å². The number of benzene rings is 2. The van der Waals surface area contributed by atoms with Gasteiger partial charge in [-0.25, -0.2) is 4.79 Å². The van der Waals surface area contributed by atoms with E-state index in [4.69, 9.17) is 33.7 Å². The third-order valence-corrected chi connectivity index (χ3v) is 4.89. The first-order chi connectivity index (χ1) is 14.2. The Balaban J connectivity index is 1.94. The number of anilines is 1. The van der Waals surface area contributed by atoms with Gasteiger partial charge >= 0.3 is 5.97 Å². The van der Waals surface area contributed by atoms with Crippen molar-refractivity contribution in [3.63, 3.8) is 0 Å². The van der Waals surface area contributed by atoms with Gasteiger partial charge in [0.25, 0.3) is 11.8 Å². The fraction of sp³-hybridized carbons (Fsp3) is 0.143. The van der Waals surface area contributed by atoms with Crippen LogP contribution in [0.25, 0.3) is 6.08 Å². The quantitative estimate of drug-likeness (QED) is 0.417. The van der Waals surface area contributed by atoms with Gasteiger partial charge in [0.1, 0.15) is 11.3 Å². The molecule has 30 heavy (non-hydrogen) atoms. The van der Waals surface area contributed by atoms with Crippen LogP contribution in [0.5, 0.6) is 5.75 Å². The highest BCUT2D eigenvalue weighted by Crippen LogP contribution is 2.29. The monoisotopic (exact) mass is 444 g/mol. The Hall–Kier alpha value is -3.23. The summed E-state index contributed by atoms with van der Waals surface area (Å²) in [5.74, 6) is -2.13. The van der Waals surface area contributed by atoms with E-state index in [1.54, 1.807) is 12.1 Å². The zero-order chi connectivity index (χ0) is 22.0. The molecule has 2 N–H and O–H groups in total. The molecular weight excluding hydrogens is 428 g/mol. The van der Waals surface area contributed by atoms with Crippen molar-refractivity contribution in [1.29, 1.82) is 0 Å². The maximum absolute atomic E-state index is 13.1. The number of aliphatic carboxylic acids is 1. The first-order valence-corrected chi connectivity index (χ1v) is 9.59. The van der Waals surface area contributed by atoms with Crippen molar-refractivity contribution in [2.45, 2.75) is 13.8 Å². The molecule has 9 heteroatoms. The standard InChI is InChI=1S/C21H17ClN2O5S/c1-11-3-5-16(12(2)7-11)24-20(28)14(19(27)23-21(24)30)8-13-4-6-17(15(22)9-13)29-10-18(25)26/h3-9H,10H2,1-2H3,(H,25,26)(H,23,27,30)/b14-8+. The number of rotatable bonds is 5. The van der Waals surface area contributed by atoms with Gasteiger partial charge in [0, 0.05) is 0 Å². The zero-order valence-corrected chi connectivity index (χ0v) is 17.6. The lowest BCUT2D eigenvalue weighted by molar-refractivity contribution is -0.139. The van der Waals surface area contributed by atoms with Crippen molar-refractivity contribution in [2.75, 3.05) is 11.5 Å². The van der Waals surface area contributed by atoms with E-state index in [0.717, 1.165) is 11.1 Å². The average Bonchev–Trinajstić information content (AvgIpc) is 2.66. The Morgan fingerprint density at radius 1 is 1.23 bits per heavy atom. The van der Waals surface area contributed by atoms with Crippen LogP contribution >= 0.6 is 23.8 Å². The number of ether oxygens (including phenoxy) is 1. The summed E-state index contributed by atoms with van der Waals surface area (Å²) in [4.78, 5) is 37.4. The van der Waals surface area contributed by atoms with E-state index in [-0.39, 0.29) is 21.5 Å². The fourth-order valence-electron chi connectivity index (χ4n) is 2.96. The Morgan fingerprint density at radius 2 is 1.97 bits per heavy atom. The molecule has 3 rings (SSSR count). The molecular formula is C21H17ClN2O5S. The average molecular weight is 445 g/mol. The van der Waals surface area contributed by atoms with E-state index in [1.165, 1.54) is 23.1 Å². The second-order valence-electron chi connectivity index (χ2n) is 6.62. The molecule has 7 nitrogen and oxygen atoms in total. The maximum Gasteiger partial charge on any atom is 0.341 e. The van der Waals surface area contributed by atoms with Crippen molar-refractivity contribution in [1.82, 2.24) is 5.32 Å². The number of amides is 2. The summed E-state index contributed by atoms with van der Waals surface area (Å²) in [6, 6.07) is 10.0. The van der Waals surface area contributed by atoms with Gasteiger partial charge in [0.05, 0.1) is 10.7 Å². The molecule has 0 unspecified atom stereocenters. The normalized spacial score (nSPS) is 15.4. The van der Waals surface area contributed by atoms with Crippen molar-refractivity contribution in [3.8, 4) is 5.75 Å². The van der Waals surface area contributed by atoms with Gasteiger partial charge in [-0.1, -0.05) is 35.4 Å². The number of carboxylic acids is 1. The number of carbonyl (C=O) groups excluding carboxylic acids is 2. The minimum atomic E-state index is -1.14. The van der Waals surface area contributed by atoms with Gasteiger partial charge in [-0.05, 0) is 61.5 Å². The second kappa shape index (κ2) is 8.64. The predicted octanol–water partition coefficient (Wildman–Crippen LogP) is 3.25. The molecule has 1 aliphatic heterocycles. The number of nitrogens with zero attached hydrogens (tertiary/aromatic N) is 1. The van der Waals surface area contributed by atoms with E-state index in [1.807, 2.05) is 26.0 Å². The van der Waals surface area contributed by atoms with E-state index in [9.17, 15) is 14.4 Å². The van der Waals surface area contributed by atoms with Crippen LogP contribution in [0, 0.1) is 13.8 Å². The Labute approximate surface area is 182 Å². The minimum Gasteiger partial charge on any atom is -0.480 e. The van der Waals surface area contributed by atoms with E-state index in [0.29, 0.717) is 11.3 Å². The highest BCUT2D eigenvalue weighted by Gasteiger charge is 2.35. The number of carboxylic acid groups (broad SMARTS) is 1. The molecule has 1 aliphatic rings. The number of hydrogen-bond acceptors (Lipinski definition) is 5. The molecule has 2 aromatic rings. The van der Waals surface area contributed by atoms with E-state index >= 15 is 0 Å². The molecule has 1 heterocycles. The van der Waals surface area contributed by atoms with Crippen LogP contribution in [0.15, 0.2) is 42.0 Å². The van der Waals surface area contributed by atoms with Gasteiger partial charge in [-0.2, -0.15) is 0 Å². The maximum atomic E-state index is 13.1. The van der Waals surface area contributed by atoms with Gasteiger partial charge in [-0.15, -0.1) is 0 Å². The molecule has 2 amide bonds. The summed E-state index contributed by atoms with van der Waals surface area (Å²) in [5, 5.41) is 11.4. The molecule has 1 saturated heterocycles. The van der Waals surface area contributed by atoms with Crippen LogP contribution in [0.1, 0.15) is 16.7 Å². The molecule has 0 atom stereocenters. The van der Waals surface area contributed by atoms with Crippen LogP contribution in [0.3, 0.4) is 0 Å². The first-order valence-electron chi connectivity index (χ1n) is 8.80. The number of nitrogens with one attached hydrogen (secondary N) is 1. The highest BCUT2D eigenvalue weighted by molar-refractivity contribution is 7.80. The summed E-state index contributed by atoms with van der Waals surface area (Å²) < 4.78 is 5.07. The number of thiocarbonyl (C=S) groups is 1. The van der Waals surface area contributed by atoms with Crippen molar-refractivity contribution in [3.05, 3.63) is 63.7 Å². The largest absolute Gasteiger partial charge is 0.480 e. The molecule has 0 bridgehead atoms. The second-order valence-corrected chi connectivity index (χ2v) is 7.41. The molecule has 1 fully saturated rings. The summed E-state index contributed by atoms with van der Waals surface area (Å²) >= 11 is 11.3. The minimum absolute atomic E-state index is 0.00422.